The molecule has 4 rings (SSSR count). The van der Waals surface area contributed by atoms with E-state index in [1.165, 1.54) is 39.2 Å². The second-order valence-corrected chi connectivity index (χ2v) is 11.3. The van der Waals surface area contributed by atoms with Crippen LogP contribution >= 0.6 is 23.1 Å². The molecule has 0 aliphatic carbocycles. The van der Waals surface area contributed by atoms with Gasteiger partial charge < -0.3 is 5.32 Å². The number of sulfonamides is 1. The van der Waals surface area contributed by atoms with Gasteiger partial charge in [-0.05, 0) is 31.9 Å². The van der Waals surface area contributed by atoms with Crippen LogP contribution in [0.4, 0.5) is 5.13 Å². The molecule has 32 heavy (non-hydrogen) atoms. The number of carbonyl (C=O) groups excluding carboxylic acids is 1. The van der Waals surface area contributed by atoms with E-state index in [-0.39, 0.29) is 16.6 Å². The first-order valence-electron chi connectivity index (χ1n) is 10.3. The van der Waals surface area contributed by atoms with Gasteiger partial charge in [0.1, 0.15) is 4.90 Å². The van der Waals surface area contributed by atoms with Crippen molar-refractivity contribution in [2.45, 2.75) is 36.1 Å². The zero-order chi connectivity index (χ0) is 22.6. The molecular weight excluding hydrogens is 464 g/mol. The monoisotopic (exact) mass is 488 g/mol. The predicted molar refractivity (Wildman–Crippen MR) is 128 cm³/mol. The van der Waals surface area contributed by atoms with Gasteiger partial charge in [-0.1, -0.05) is 48.0 Å². The van der Waals surface area contributed by atoms with Gasteiger partial charge in [-0.25, -0.2) is 18.4 Å². The topological polar surface area (TPSA) is 92.3 Å². The molecule has 10 heteroatoms. The molecule has 7 nitrogen and oxygen atoms in total. The van der Waals surface area contributed by atoms with Crippen LogP contribution in [0.3, 0.4) is 0 Å². The van der Waals surface area contributed by atoms with Crippen molar-refractivity contribution in [3.8, 4) is 11.3 Å². The Morgan fingerprint density at radius 3 is 2.56 bits per heavy atom. The third-order valence-corrected chi connectivity index (χ3v) is 8.69. The summed E-state index contributed by atoms with van der Waals surface area (Å²) in [5.41, 5.74) is 3.01. The van der Waals surface area contributed by atoms with Crippen LogP contribution in [0.25, 0.3) is 11.3 Å². The summed E-state index contributed by atoms with van der Waals surface area (Å²) >= 11 is 2.63. The Labute approximate surface area is 196 Å². The Hall–Kier alpha value is -2.27. The number of hydrogen-bond donors (Lipinski definition) is 1. The molecule has 0 saturated carbocycles. The van der Waals surface area contributed by atoms with E-state index < -0.39 is 10.0 Å². The lowest BCUT2D eigenvalue weighted by molar-refractivity contribution is -0.113. The molecule has 1 aromatic carbocycles. The van der Waals surface area contributed by atoms with Crippen LogP contribution in [0.1, 0.15) is 24.8 Å². The molecule has 168 valence electrons. The highest BCUT2D eigenvalue weighted by Crippen LogP contribution is 2.26. The minimum atomic E-state index is -3.50. The number of amides is 1. The summed E-state index contributed by atoms with van der Waals surface area (Å²) in [6, 6.07) is 11.3. The van der Waals surface area contributed by atoms with E-state index in [4.69, 9.17) is 0 Å². The Kier molecular flexibility index (Phi) is 7.24. The number of benzene rings is 1. The van der Waals surface area contributed by atoms with E-state index in [2.05, 4.69) is 15.3 Å². The molecule has 0 atom stereocenters. The molecule has 0 unspecified atom stereocenters. The zero-order valence-corrected chi connectivity index (χ0v) is 20.1. The number of nitrogens with one attached hydrogen (secondary N) is 1. The van der Waals surface area contributed by atoms with E-state index in [1.807, 2.05) is 36.6 Å². The number of thiazole rings is 1. The fourth-order valence-corrected chi connectivity index (χ4v) is 6.18. The van der Waals surface area contributed by atoms with Crippen molar-refractivity contribution >= 4 is 44.2 Å². The molecule has 3 heterocycles. The van der Waals surface area contributed by atoms with Crippen LogP contribution in [0, 0.1) is 6.92 Å². The van der Waals surface area contributed by atoms with E-state index >= 15 is 0 Å². The maximum Gasteiger partial charge on any atom is 0.244 e. The Balaban J connectivity index is 1.31. The Morgan fingerprint density at radius 2 is 1.88 bits per heavy atom. The number of piperidine rings is 1. The van der Waals surface area contributed by atoms with Crippen LogP contribution in [0.2, 0.25) is 0 Å². The number of pyridine rings is 1. The number of thioether (sulfide) groups is 1. The average Bonchev–Trinajstić information content (AvgIpc) is 3.27. The summed E-state index contributed by atoms with van der Waals surface area (Å²) in [4.78, 5) is 21.2. The van der Waals surface area contributed by atoms with Crippen molar-refractivity contribution in [3.63, 3.8) is 0 Å². The second kappa shape index (κ2) is 10.1. The number of carbonyl (C=O) groups is 1. The smallest absolute Gasteiger partial charge is 0.244 e. The zero-order valence-electron chi connectivity index (χ0n) is 17.7. The van der Waals surface area contributed by atoms with Crippen molar-refractivity contribution in [1.82, 2.24) is 14.3 Å². The van der Waals surface area contributed by atoms with Crippen LogP contribution in [0.15, 0.2) is 57.9 Å². The van der Waals surface area contributed by atoms with Gasteiger partial charge >= 0.3 is 0 Å². The molecule has 3 aromatic rings. The summed E-state index contributed by atoms with van der Waals surface area (Å²) in [6.07, 6.45) is 4.22. The van der Waals surface area contributed by atoms with Crippen molar-refractivity contribution in [2.24, 2.45) is 0 Å². The molecule has 1 aliphatic rings. The van der Waals surface area contributed by atoms with Crippen molar-refractivity contribution in [1.29, 1.82) is 0 Å². The van der Waals surface area contributed by atoms with Gasteiger partial charge in [-0.15, -0.1) is 11.3 Å². The summed E-state index contributed by atoms with van der Waals surface area (Å²) in [5.74, 6) is -0.0309. The predicted octanol–water partition coefficient (Wildman–Crippen LogP) is 4.42. The lowest BCUT2D eigenvalue weighted by Gasteiger charge is -2.25. The van der Waals surface area contributed by atoms with E-state index in [0.29, 0.717) is 23.2 Å². The third kappa shape index (κ3) is 5.55. The van der Waals surface area contributed by atoms with Gasteiger partial charge in [0.2, 0.25) is 15.9 Å². The molecule has 1 saturated heterocycles. The van der Waals surface area contributed by atoms with Gasteiger partial charge in [-0.2, -0.15) is 4.31 Å². The van der Waals surface area contributed by atoms with Gasteiger partial charge in [0.15, 0.2) is 5.13 Å². The summed E-state index contributed by atoms with van der Waals surface area (Å²) < 4.78 is 26.9. The maximum atomic E-state index is 12.7. The number of anilines is 1. The lowest BCUT2D eigenvalue weighted by Crippen LogP contribution is -2.35. The standard InChI is InChI=1S/C22H24N4O3S3/c1-16-5-7-17(8-6-16)19-14-31-22(24-19)25-20(27)15-30-21-10-9-18(13-23-21)32(28,29)26-11-3-2-4-12-26/h5-10,13-14H,2-4,11-12,15H2,1H3,(H,24,25,27). The summed E-state index contributed by atoms with van der Waals surface area (Å²) in [6.45, 7) is 3.15. The first-order valence-corrected chi connectivity index (χ1v) is 13.6. The molecular formula is C22H24N4O3S3. The lowest BCUT2D eigenvalue weighted by atomic mass is 10.1. The fraction of sp³-hybridized carbons (Fsp3) is 0.318. The number of hydrogen-bond acceptors (Lipinski definition) is 7. The highest BCUT2D eigenvalue weighted by molar-refractivity contribution is 7.99. The number of nitrogens with zero attached hydrogens (tertiary/aromatic N) is 3. The van der Waals surface area contributed by atoms with Gasteiger partial charge in [0.05, 0.1) is 16.5 Å². The largest absolute Gasteiger partial charge is 0.301 e. The van der Waals surface area contributed by atoms with E-state index in [0.717, 1.165) is 30.5 Å². The van der Waals surface area contributed by atoms with Crippen LogP contribution in [-0.2, 0) is 14.8 Å². The highest BCUT2D eigenvalue weighted by atomic mass is 32.2. The maximum absolute atomic E-state index is 12.7. The van der Waals surface area contributed by atoms with Gasteiger partial charge in [-0.3, -0.25) is 4.79 Å². The second-order valence-electron chi connectivity index (χ2n) is 7.54. The molecule has 0 bridgehead atoms. The first-order chi connectivity index (χ1) is 15.4. The SMILES string of the molecule is Cc1ccc(-c2csc(NC(=O)CSc3ccc(S(=O)(=O)N4CCCCC4)cn3)n2)cc1. The van der Waals surface area contributed by atoms with Crippen molar-refractivity contribution in [2.75, 3.05) is 24.2 Å². The van der Waals surface area contributed by atoms with Crippen molar-refractivity contribution < 1.29 is 13.2 Å². The van der Waals surface area contributed by atoms with E-state index in [1.54, 1.807) is 12.1 Å². The van der Waals surface area contributed by atoms with Gasteiger partial charge in [0, 0.05) is 30.2 Å². The Morgan fingerprint density at radius 1 is 1.12 bits per heavy atom. The number of aryl methyl sites for hydroxylation is 1. The molecule has 0 radical (unpaired) electrons. The molecule has 1 fully saturated rings. The van der Waals surface area contributed by atoms with Crippen LogP contribution in [0.5, 0.6) is 0 Å². The molecule has 1 aliphatic heterocycles. The average molecular weight is 489 g/mol. The minimum absolute atomic E-state index is 0.157. The normalized spacial score (nSPS) is 14.9. The third-order valence-electron chi connectivity index (χ3n) is 5.11. The number of rotatable bonds is 7. The molecule has 1 N–H and O–H groups in total. The van der Waals surface area contributed by atoms with Gasteiger partial charge in [0.25, 0.3) is 0 Å². The first kappa shape index (κ1) is 22.9. The van der Waals surface area contributed by atoms with E-state index in [9.17, 15) is 13.2 Å². The molecule has 2 aromatic heterocycles. The van der Waals surface area contributed by atoms with Crippen molar-refractivity contribution in [3.05, 3.63) is 53.5 Å². The minimum Gasteiger partial charge on any atom is -0.301 e. The fourth-order valence-electron chi connectivity index (χ4n) is 3.34. The molecule has 0 spiro atoms. The van der Waals surface area contributed by atoms with Crippen LogP contribution < -0.4 is 5.32 Å². The molecule has 1 amide bonds. The quantitative estimate of drug-likeness (QED) is 0.495. The highest BCUT2D eigenvalue weighted by Gasteiger charge is 2.26. The number of aromatic nitrogens is 2. The summed E-state index contributed by atoms with van der Waals surface area (Å²) in [7, 11) is -3.50. The Bertz CT molecular complexity index is 1170. The summed E-state index contributed by atoms with van der Waals surface area (Å²) in [5, 5.41) is 5.86. The van der Waals surface area contributed by atoms with Crippen LogP contribution in [-0.4, -0.2) is 47.4 Å².